The number of sulfone groups is 1. The van der Waals surface area contributed by atoms with E-state index in [1.54, 1.807) is 24.3 Å². The molecular weight excluding hydrogens is 500 g/mol. The van der Waals surface area contributed by atoms with Crippen molar-refractivity contribution in [2.24, 2.45) is 10.9 Å². The Bertz CT molecular complexity index is 1440. The number of aromatic nitrogens is 1. The molecule has 5 rings (SSSR count). The van der Waals surface area contributed by atoms with Crippen molar-refractivity contribution in [1.82, 2.24) is 4.98 Å². The average Bonchev–Trinajstić information content (AvgIpc) is 3.24. The highest BCUT2D eigenvalue weighted by atomic mass is 35.5. The van der Waals surface area contributed by atoms with Crippen LogP contribution in [-0.4, -0.2) is 42.7 Å². The van der Waals surface area contributed by atoms with Crippen LogP contribution in [0.4, 0.5) is 5.82 Å². The first-order valence-electron chi connectivity index (χ1n) is 11.7. The SMILES string of the molecule is CS(=O)(=O)c1ccc(-c2ccc(-c3nc4c(cc3Cl)CC(OC3CCC(C(=O)O)CC3)=N4)cc2)cc1. The molecule has 1 aromatic heterocycles. The van der Waals surface area contributed by atoms with Gasteiger partial charge in [0.2, 0.25) is 0 Å². The summed E-state index contributed by atoms with van der Waals surface area (Å²) in [4.78, 5) is 20.7. The van der Waals surface area contributed by atoms with Crippen molar-refractivity contribution < 1.29 is 23.1 Å². The van der Waals surface area contributed by atoms with Gasteiger partial charge in [-0.05, 0) is 55.0 Å². The number of pyridine rings is 1. The lowest BCUT2D eigenvalue weighted by Crippen LogP contribution is -2.27. The van der Waals surface area contributed by atoms with Crippen LogP contribution < -0.4 is 0 Å². The van der Waals surface area contributed by atoms with E-state index in [2.05, 4.69) is 4.99 Å². The van der Waals surface area contributed by atoms with Gasteiger partial charge in [0.15, 0.2) is 21.6 Å². The molecule has 3 aromatic rings. The minimum Gasteiger partial charge on any atom is -0.481 e. The summed E-state index contributed by atoms with van der Waals surface area (Å²) in [5.74, 6) is 0.165. The smallest absolute Gasteiger partial charge is 0.306 e. The number of aliphatic carboxylic acids is 1. The Kier molecular flexibility index (Phi) is 6.57. The molecule has 9 heteroatoms. The monoisotopic (exact) mass is 524 g/mol. The van der Waals surface area contributed by atoms with Gasteiger partial charge in [0.25, 0.3) is 0 Å². The van der Waals surface area contributed by atoms with Gasteiger partial charge in [0, 0.05) is 17.4 Å². The molecule has 1 fully saturated rings. The van der Waals surface area contributed by atoms with Gasteiger partial charge >= 0.3 is 5.97 Å². The molecule has 0 bridgehead atoms. The molecule has 1 aliphatic heterocycles. The molecule has 1 N–H and O–H groups in total. The van der Waals surface area contributed by atoms with Gasteiger partial charge in [-0.15, -0.1) is 0 Å². The molecule has 36 heavy (non-hydrogen) atoms. The number of fused-ring (bicyclic) bond motifs is 1. The molecule has 0 unspecified atom stereocenters. The second kappa shape index (κ2) is 9.67. The van der Waals surface area contributed by atoms with Crippen molar-refractivity contribution in [3.63, 3.8) is 0 Å². The fourth-order valence-corrected chi connectivity index (χ4v) is 5.58. The van der Waals surface area contributed by atoms with Gasteiger partial charge in [0.1, 0.15) is 6.10 Å². The van der Waals surface area contributed by atoms with Crippen LogP contribution in [-0.2, 0) is 25.8 Å². The Morgan fingerprint density at radius 1 is 0.972 bits per heavy atom. The van der Waals surface area contributed by atoms with Gasteiger partial charge in [-0.2, -0.15) is 4.99 Å². The van der Waals surface area contributed by atoms with E-state index in [4.69, 9.17) is 21.3 Å². The number of hydrogen-bond donors (Lipinski definition) is 1. The predicted molar refractivity (Wildman–Crippen MR) is 138 cm³/mol. The van der Waals surface area contributed by atoms with Crippen molar-refractivity contribution in [2.45, 2.75) is 43.1 Å². The van der Waals surface area contributed by atoms with Crippen molar-refractivity contribution in [1.29, 1.82) is 0 Å². The molecule has 2 aromatic carbocycles. The fourth-order valence-electron chi connectivity index (χ4n) is 4.67. The number of carboxylic acid groups (broad SMARTS) is 1. The summed E-state index contributed by atoms with van der Waals surface area (Å²) in [6.07, 6.45) is 4.32. The quantitative estimate of drug-likeness (QED) is 0.457. The van der Waals surface area contributed by atoms with E-state index in [1.165, 1.54) is 6.26 Å². The molecule has 7 nitrogen and oxygen atoms in total. The molecule has 0 atom stereocenters. The zero-order valence-corrected chi connectivity index (χ0v) is 21.2. The van der Waals surface area contributed by atoms with Gasteiger partial charge in [-0.25, -0.2) is 13.4 Å². The predicted octanol–water partition coefficient (Wildman–Crippen LogP) is 5.72. The summed E-state index contributed by atoms with van der Waals surface area (Å²) in [6.45, 7) is 0. The number of nitrogens with zero attached hydrogens (tertiary/aromatic N) is 2. The number of rotatable bonds is 5. The molecule has 0 spiro atoms. The summed E-state index contributed by atoms with van der Waals surface area (Å²) in [6, 6.07) is 16.4. The first-order valence-corrected chi connectivity index (χ1v) is 14.0. The molecule has 2 aliphatic rings. The zero-order valence-electron chi connectivity index (χ0n) is 19.6. The van der Waals surface area contributed by atoms with Crippen molar-refractivity contribution in [3.05, 3.63) is 65.2 Å². The largest absolute Gasteiger partial charge is 0.481 e. The van der Waals surface area contributed by atoms with Crippen LogP contribution >= 0.6 is 11.6 Å². The van der Waals surface area contributed by atoms with E-state index < -0.39 is 15.8 Å². The summed E-state index contributed by atoms with van der Waals surface area (Å²) in [7, 11) is -3.24. The second-order valence-corrected chi connectivity index (χ2v) is 11.7. The van der Waals surface area contributed by atoms with Crippen LogP contribution in [0.5, 0.6) is 0 Å². The van der Waals surface area contributed by atoms with E-state index in [1.807, 2.05) is 30.3 Å². The maximum Gasteiger partial charge on any atom is 0.306 e. The first kappa shape index (κ1) is 24.5. The number of halogens is 1. The molecule has 0 amide bonds. The number of benzene rings is 2. The van der Waals surface area contributed by atoms with Gasteiger partial charge in [-0.1, -0.05) is 48.0 Å². The summed E-state index contributed by atoms with van der Waals surface area (Å²) in [5, 5.41) is 9.70. The maximum absolute atomic E-state index is 11.7. The minimum atomic E-state index is -3.24. The summed E-state index contributed by atoms with van der Waals surface area (Å²) < 4.78 is 29.5. The Balaban J connectivity index is 1.31. The van der Waals surface area contributed by atoms with Crippen LogP contribution in [0.25, 0.3) is 22.4 Å². The number of carboxylic acids is 1. The highest BCUT2D eigenvalue weighted by molar-refractivity contribution is 7.90. The van der Waals surface area contributed by atoms with E-state index in [0.717, 1.165) is 22.3 Å². The first-order chi connectivity index (χ1) is 17.2. The lowest BCUT2D eigenvalue weighted by atomic mass is 9.87. The highest BCUT2D eigenvalue weighted by Gasteiger charge is 2.29. The van der Waals surface area contributed by atoms with Crippen LogP contribution in [0.1, 0.15) is 31.2 Å². The molecule has 1 saturated carbocycles. The molecule has 0 saturated heterocycles. The Hall–Kier alpha value is -3.23. The molecular formula is C27H25ClN2O5S. The normalized spacial score (nSPS) is 19.4. The minimum absolute atomic E-state index is 0.0253. The van der Waals surface area contributed by atoms with E-state index >= 15 is 0 Å². The van der Waals surface area contributed by atoms with Gasteiger partial charge in [0.05, 0.1) is 28.0 Å². The molecule has 2 heterocycles. The topological polar surface area (TPSA) is 106 Å². The van der Waals surface area contributed by atoms with Crippen molar-refractivity contribution >= 4 is 39.1 Å². The number of carbonyl (C=O) groups is 1. The summed E-state index contributed by atoms with van der Waals surface area (Å²) in [5.41, 5.74) is 4.23. The van der Waals surface area contributed by atoms with Gasteiger partial charge < -0.3 is 9.84 Å². The number of ether oxygens (including phenoxy) is 1. The van der Waals surface area contributed by atoms with Gasteiger partial charge in [-0.3, -0.25) is 4.79 Å². The van der Waals surface area contributed by atoms with Crippen molar-refractivity contribution in [2.75, 3.05) is 6.26 Å². The summed E-state index contributed by atoms with van der Waals surface area (Å²) >= 11 is 6.58. The Morgan fingerprint density at radius 2 is 1.56 bits per heavy atom. The van der Waals surface area contributed by atoms with Crippen molar-refractivity contribution in [3.8, 4) is 22.4 Å². The van der Waals surface area contributed by atoms with E-state index in [9.17, 15) is 18.3 Å². The van der Waals surface area contributed by atoms with Crippen LogP contribution in [0, 0.1) is 5.92 Å². The number of hydrogen-bond acceptors (Lipinski definition) is 6. The van der Waals surface area contributed by atoms with E-state index in [0.29, 0.717) is 54.5 Å². The van der Waals surface area contributed by atoms with Crippen LogP contribution in [0.3, 0.4) is 0 Å². The third kappa shape index (κ3) is 5.15. The zero-order chi connectivity index (χ0) is 25.4. The second-order valence-electron chi connectivity index (χ2n) is 9.29. The number of aliphatic imine (C=N–C) groups is 1. The lowest BCUT2D eigenvalue weighted by Gasteiger charge is -2.26. The molecule has 1 aliphatic carbocycles. The molecule has 186 valence electrons. The average molecular weight is 525 g/mol. The standard InChI is InChI=1S/C27H25ClN2O5S/c1-36(33,34)22-12-8-17(9-13-22)16-2-4-18(5-3-16)25-23(28)14-20-15-24(29-26(20)30-25)35-21-10-6-19(7-11-21)27(31)32/h2-5,8-9,12-14,19,21H,6-7,10-11,15H2,1H3,(H,31,32). The van der Waals surface area contributed by atoms with Crippen LogP contribution in [0.15, 0.2) is 64.5 Å². The third-order valence-corrected chi connectivity index (χ3v) is 8.12. The fraction of sp³-hybridized carbons (Fsp3) is 0.296. The highest BCUT2D eigenvalue weighted by Crippen LogP contribution is 2.36. The maximum atomic E-state index is 11.7. The van der Waals surface area contributed by atoms with Crippen LogP contribution in [0.2, 0.25) is 5.02 Å². The Morgan fingerprint density at radius 3 is 2.14 bits per heavy atom. The lowest BCUT2D eigenvalue weighted by molar-refractivity contribution is -0.143. The third-order valence-electron chi connectivity index (χ3n) is 6.70. The molecule has 0 radical (unpaired) electrons. The Labute approximate surface area is 214 Å². The van der Waals surface area contributed by atoms with E-state index in [-0.39, 0.29) is 16.9 Å².